The van der Waals surface area contributed by atoms with E-state index in [1.54, 1.807) is 12.5 Å². The van der Waals surface area contributed by atoms with Crippen LogP contribution in [-0.2, 0) is 12.8 Å². The first-order valence-electron chi connectivity index (χ1n) is 9.60. The zero-order valence-corrected chi connectivity index (χ0v) is 16.4. The average molecular weight is 405 g/mol. The number of aryl methyl sites for hydroxylation is 1. The van der Waals surface area contributed by atoms with E-state index in [4.69, 9.17) is 4.42 Å². The summed E-state index contributed by atoms with van der Waals surface area (Å²) in [6.45, 7) is 0. The highest BCUT2D eigenvalue weighted by Gasteiger charge is 2.25. The normalized spacial score (nSPS) is 15.9. The number of thiazole rings is 1. The van der Waals surface area contributed by atoms with Gasteiger partial charge in [0, 0.05) is 35.7 Å². The summed E-state index contributed by atoms with van der Waals surface area (Å²) in [6.07, 6.45) is 8.19. The van der Waals surface area contributed by atoms with E-state index in [1.165, 1.54) is 27.5 Å². The molecular weight excluding hydrogens is 386 g/mol. The molecule has 146 valence electrons. The van der Waals surface area contributed by atoms with Crippen molar-refractivity contribution in [3.63, 3.8) is 0 Å². The molecule has 7 heteroatoms. The minimum Gasteiger partial charge on any atom is -0.469 e. The predicted octanol–water partition coefficient (Wildman–Crippen LogP) is 3.75. The van der Waals surface area contributed by atoms with Gasteiger partial charge in [0.15, 0.2) is 4.96 Å². The van der Waals surface area contributed by atoms with Gasteiger partial charge in [-0.3, -0.25) is 14.0 Å². The molecule has 1 N–H and O–H groups in total. The summed E-state index contributed by atoms with van der Waals surface area (Å²) < 4.78 is 6.95. The first-order valence-corrected chi connectivity index (χ1v) is 10.4. The van der Waals surface area contributed by atoms with Gasteiger partial charge in [-0.05, 0) is 24.5 Å². The summed E-state index contributed by atoms with van der Waals surface area (Å²) in [6, 6.07) is 11.8. The van der Waals surface area contributed by atoms with Gasteiger partial charge in [0.05, 0.1) is 12.3 Å². The Balaban J connectivity index is 1.41. The van der Waals surface area contributed by atoms with E-state index < -0.39 is 5.91 Å². The van der Waals surface area contributed by atoms with Gasteiger partial charge < -0.3 is 9.73 Å². The van der Waals surface area contributed by atoms with Crippen molar-refractivity contribution in [2.45, 2.75) is 31.7 Å². The lowest BCUT2D eigenvalue weighted by Gasteiger charge is -2.22. The Bertz CT molecular complexity index is 1240. The number of furan rings is 1. The Morgan fingerprint density at radius 2 is 2.14 bits per heavy atom. The van der Waals surface area contributed by atoms with Crippen LogP contribution >= 0.6 is 11.3 Å². The summed E-state index contributed by atoms with van der Waals surface area (Å²) in [5.74, 6) is 0.516. The molecule has 0 spiro atoms. The van der Waals surface area contributed by atoms with Gasteiger partial charge in [-0.25, -0.2) is 4.98 Å². The van der Waals surface area contributed by atoms with Gasteiger partial charge in [0.1, 0.15) is 11.3 Å². The van der Waals surface area contributed by atoms with E-state index in [-0.39, 0.29) is 17.2 Å². The zero-order chi connectivity index (χ0) is 19.8. The van der Waals surface area contributed by atoms with E-state index >= 15 is 0 Å². The summed E-state index contributed by atoms with van der Waals surface area (Å²) in [7, 11) is 0. The summed E-state index contributed by atoms with van der Waals surface area (Å²) in [5.41, 5.74) is 1.88. The monoisotopic (exact) mass is 405 g/mol. The van der Waals surface area contributed by atoms with Crippen LogP contribution in [0.3, 0.4) is 0 Å². The Morgan fingerprint density at radius 1 is 1.28 bits per heavy atom. The average Bonchev–Trinajstić information content (AvgIpc) is 3.36. The van der Waals surface area contributed by atoms with Crippen molar-refractivity contribution in [1.82, 2.24) is 14.7 Å². The number of nitrogens with one attached hydrogen (secondary N) is 1. The molecule has 1 aliphatic rings. The molecule has 0 radical (unpaired) electrons. The third kappa shape index (κ3) is 3.38. The molecule has 0 fully saturated rings. The van der Waals surface area contributed by atoms with Crippen LogP contribution in [0.1, 0.15) is 51.0 Å². The van der Waals surface area contributed by atoms with Crippen molar-refractivity contribution in [3.8, 4) is 0 Å². The largest absolute Gasteiger partial charge is 0.469 e. The van der Waals surface area contributed by atoms with Gasteiger partial charge in [0.2, 0.25) is 0 Å². The molecule has 1 atom stereocenters. The molecule has 0 aliphatic heterocycles. The van der Waals surface area contributed by atoms with Crippen LogP contribution in [-0.4, -0.2) is 15.3 Å². The van der Waals surface area contributed by atoms with Crippen molar-refractivity contribution in [2.75, 3.05) is 0 Å². The van der Waals surface area contributed by atoms with Crippen LogP contribution in [0.25, 0.3) is 4.96 Å². The van der Waals surface area contributed by atoms with Crippen molar-refractivity contribution >= 4 is 22.2 Å². The molecule has 29 heavy (non-hydrogen) atoms. The van der Waals surface area contributed by atoms with Crippen LogP contribution in [0.15, 0.2) is 64.3 Å². The van der Waals surface area contributed by atoms with Crippen molar-refractivity contribution in [3.05, 3.63) is 92.7 Å². The van der Waals surface area contributed by atoms with Crippen molar-refractivity contribution in [2.24, 2.45) is 0 Å². The van der Waals surface area contributed by atoms with Gasteiger partial charge in [-0.2, -0.15) is 0 Å². The van der Waals surface area contributed by atoms with Gasteiger partial charge >= 0.3 is 0 Å². The molecule has 0 bridgehead atoms. The van der Waals surface area contributed by atoms with Crippen LogP contribution in [0.2, 0.25) is 0 Å². The maximum absolute atomic E-state index is 12.9. The van der Waals surface area contributed by atoms with E-state index in [2.05, 4.69) is 10.3 Å². The van der Waals surface area contributed by atoms with Gasteiger partial charge in [-0.15, -0.1) is 11.3 Å². The second-order valence-corrected chi connectivity index (χ2v) is 8.30. The SMILES string of the molecule is O=C(NC1CCCc2occc21)c1cnc2sc(Cc3ccccc3)cn2c1=O. The molecule has 1 aliphatic carbocycles. The summed E-state index contributed by atoms with van der Waals surface area (Å²) in [4.78, 5) is 31.7. The molecule has 3 heterocycles. The molecule has 0 saturated heterocycles. The van der Waals surface area contributed by atoms with E-state index in [0.29, 0.717) is 4.96 Å². The number of aromatic nitrogens is 2. The number of nitrogens with zero attached hydrogens (tertiary/aromatic N) is 2. The van der Waals surface area contributed by atoms with Gasteiger partial charge in [-0.1, -0.05) is 30.3 Å². The molecule has 1 aromatic carbocycles. The molecule has 4 aromatic rings. The molecule has 6 nitrogen and oxygen atoms in total. The number of fused-ring (bicyclic) bond motifs is 2. The topological polar surface area (TPSA) is 76.6 Å². The number of amides is 1. The Morgan fingerprint density at radius 3 is 3.00 bits per heavy atom. The Hall–Kier alpha value is -3.19. The van der Waals surface area contributed by atoms with Crippen LogP contribution in [0.5, 0.6) is 0 Å². The number of rotatable bonds is 4. The standard InChI is InChI=1S/C22H19N3O3S/c26-20(24-18-7-4-8-19-16(18)9-10-28-19)17-12-23-22-25(21(17)27)13-15(29-22)11-14-5-2-1-3-6-14/h1-3,5-6,9-10,12-13,18H,4,7-8,11H2,(H,24,26). The molecular formula is C22H19N3O3S. The molecule has 1 unspecified atom stereocenters. The first-order chi connectivity index (χ1) is 14.2. The highest BCUT2D eigenvalue weighted by molar-refractivity contribution is 7.17. The maximum atomic E-state index is 12.9. The van der Waals surface area contributed by atoms with Crippen LogP contribution in [0, 0.1) is 0 Å². The fourth-order valence-corrected chi connectivity index (χ4v) is 4.81. The van der Waals surface area contributed by atoms with Crippen LogP contribution < -0.4 is 10.9 Å². The zero-order valence-electron chi connectivity index (χ0n) is 15.6. The highest BCUT2D eigenvalue weighted by atomic mass is 32.1. The lowest BCUT2D eigenvalue weighted by molar-refractivity contribution is 0.0930. The van der Waals surface area contributed by atoms with E-state index in [0.717, 1.165) is 41.9 Å². The number of carbonyl (C=O) groups is 1. The first kappa shape index (κ1) is 17.9. The van der Waals surface area contributed by atoms with Crippen molar-refractivity contribution < 1.29 is 9.21 Å². The number of carbonyl (C=O) groups excluding carboxylic acids is 1. The minimum absolute atomic E-state index is 0.0576. The summed E-state index contributed by atoms with van der Waals surface area (Å²) >= 11 is 1.46. The quantitative estimate of drug-likeness (QED) is 0.561. The number of hydrogen-bond acceptors (Lipinski definition) is 5. The molecule has 1 amide bonds. The molecule has 0 saturated carbocycles. The smallest absolute Gasteiger partial charge is 0.271 e. The lowest BCUT2D eigenvalue weighted by Crippen LogP contribution is -2.35. The van der Waals surface area contributed by atoms with E-state index in [9.17, 15) is 9.59 Å². The van der Waals surface area contributed by atoms with Crippen molar-refractivity contribution in [1.29, 1.82) is 0 Å². The third-order valence-electron chi connectivity index (χ3n) is 5.28. The van der Waals surface area contributed by atoms with E-state index in [1.807, 2.05) is 36.4 Å². The summed E-state index contributed by atoms with van der Waals surface area (Å²) in [5, 5.41) is 2.98. The fourth-order valence-electron chi connectivity index (χ4n) is 3.84. The second-order valence-electron chi connectivity index (χ2n) is 7.21. The third-order valence-corrected chi connectivity index (χ3v) is 6.27. The number of hydrogen-bond donors (Lipinski definition) is 1. The highest BCUT2D eigenvalue weighted by Crippen LogP contribution is 2.30. The molecule has 3 aromatic heterocycles. The van der Waals surface area contributed by atoms with Gasteiger partial charge in [0.25, 0.3) is 11.5 Å². The fraction of sp³-hybridized carbons (Fsp3) is 0.227. The number of benzene rings is 1. The minimum atomic E-state index is -0.397. The van der Waals surface area contributed by atoms with Crippen LogP contribution in [0.4, 0.5) is 0 Å². The predicted molar refractivity (Wildman–Crippen MR) is 110 cm³/mol. The molecule has 5 rings (SSSR count). The maximum Gasteiger partial charge on any atom is 0.271 e. The lowest BCUT2D eigenvalue weighted by atomic mass is 9.93. The Kier molecular flexibility index (Phi) is 4.52. The Labute approximate surface area is 170 Å². The second kappa shape index (κ2) is 7.33.